The number of hydrogen-bond donors (Lipinski definition) is 2. The van der Waals surface area contributed by atoms with Crippen LogP contribution >= 0.6 is 0 Å². The summed E-state index contributed by atoms with van der Waals surface area (Å²) >= 11 is 0. The van der Waals surface area contributed by atoms with Gasteiger partial charge < -0.3 is 24.1 Å². The Morgan fingerprint density at radius 1 is 1.17 bits per heavy atom. The van der Waals surface area contributed by atoms with Crippen molar-refractivity contribution in [2.75, 3.05) is 20.3 Å². The summed E-state index contributed by atoms with van der Waals surface area (Å²) in [4.78, 5) is 11.5. The van der Waals surface area contributed by atoms with Crippen molar-refractivity contribution in [3.05, 3.63) is 42.0 Å². The van der Waals surface area contributed by atoms with Crippen LogP contribution in [0.25, 0.3) is 0 Å². The van der Waals surface area contributed by atoms with Crippen LogP contribution in [0.3, 0.4) is 0 Å². The van der Waals surface area contributed by atoms with Gasteiger partial charge in [0.2, 0.25) is 0 Å². The average molecular weight is 425 g/mol. The summed E-state index contributed by atoms with van der Waals surface area (Å²) in [5.74, 6) is -1.24. The molecule has 29 heavy (non-hydrogen) atoms. The maximum Gasteiger partial charge on any atom is 0.336 e. The van der Waals surface area contributed by atoms with Gasteiger partial charge in [0.15, 0.2) is 13.9 Å². The highest BCUT2D eigenvalue weighted by Crippen LogP contribution is 2.36. The van der Waals surface area contributed by atoms with E-state index in [9.17, 15) is 15.0 Å². The number of methoxy groups -OCH3 is 1. The monoisotopic (exact) mass is 424 g/mol. The highest BCUT2D eigenvalue weighted by molar-refractivity contribution is 6.74. The van der Waals surface area contributed by atoms with Gasteiger partial charge >= 0.3 is 5.97 Å². The van der Waals surface area contributed by atoms with E-state index in [0.717, 1.165) is 11.3 Å². The fraction of sp³-hybridized carbons (Fsp3) is 0.591. The quantitative estimate of drug-likeness (QED) is 0.408. The fourth-order valence-electron chi connectivity index (χ4n) is 2.28. The first-order valence-corrected chi connectivity index (χ1v) is 12.7. The van der Waals surface area contributed by atoms with Gasteiger partial charge in [0.05, 0.1) is 26.9 Å². The minimum atomic E-state index is -1.94. The molecule has 1 rings (SSSR count). The lowest BCUT2D eigenvalue weighted by molar-refractivity contribution is -0.162. The van der Waals surface area contributed by atoms with Crippen molar-refractivity contribution < 1.29 is 28.9 Å². The van der Waals surface area contributed by atoms with Crippen molar-refractivity contribution in [3.8, 4) is 5.75 Å². The van der Waals surface area contributed by atoms with Gasteiger partial charge in [0, 0.05) is 5.92 Å². The third-order valence-electron chi connectivity index (χ3n) is 5.60. The molecular weight excluding hydrogens is 388 g/mol. The standard InChI is InChI=1S/C22H36O6Si/c1-21(2,3)29(6,7)28-14-8-9-18(22(4,25)20(23)24)16-27-15-17-10-12-19(26-5)13-11-17/h8-13,18,25H,14-16H2,1-7H3,(H,23,24)/b9-8+/t18-,22-/m1/s1. The maximum absolute atomic E-state index is 11.5. The highest BCUT2D eigenvalue weighted by atomic mass is 28.4. The van der Waals surface area contributed by atoms with Crippen LogP contribution < -0.4 is 4.74 Å². The zero-order valence-corrected chi connectivity index (χ0v) is 19.7. The predicted molar refractivity (Wildman–Crippen MR) is 117 cm³/mol. The number of carboxylic acids is 1. The Hall–Kier alpha value is -1.67. The lowest BCUT2D eigenvalue weighted by Crippen LogP contribution is -2.44. The number of carbonyl (C=O) groups is 1. The number of carboxylic acid groups (broad SMARTS) is 1. The topological polar surface area (TPSA) is 85.2 Å². The third kappa shape index (κ3) is 7.58. The fourth-order valence-corrected chi connectivity index (χ4v) is 3.23. The second kappa shape index (κ2) is 10.4. The van der Waals surface area contributed by atoms with Gasteiger partial charge in [0.1, 0.15) is 5.75 Å². The number of benzene rings is 1. The summed E-state index contributed by atoms with van der Waals surface area (Å²) in [5.41, 5.74) is -1.00. The first-order chi connectivity index (χ1) is 13.3. The SMILES string of the molecule is COc1ccc(COC[C@@H](/C=C/CO[Si](C)(C)C(C)(C)C)[C@@](C)(O)C(=O)O)cc1. The van der Waals surface area contributed by atoms with Crippen molar-refractivity contribution >= 4 is 14.3 Å². The zero-order chi connectivity index (χ0) is 22.3. The van der Waals surface area contributed by atoms with Crippen LogP contribution in [0.15, 0.2) is 36.4 Å². The van der Waals surface area contributed by atoms with Gasteiger partial charge in [-0.3, -0.25) is 0 Å². The molecule has 0 heterocycles. The molecule has 6 nitrogen and oxygen atoms in total. The van der Waals surface area contributed by atoms with E-state index in [-0.39, 0.29) is 11.6 Å². The van der Waals surface area contributed by atoms with Crippen LogP contribution in [0.2, 0.25) is 18.1 Å². The van der Waals surface area contributed by atoms with Crippen molar-refractivity contribution in [3.63, 3.8) is 0 Å². The van der Waals surface area contributed by atoms with Gasteiger partial charge in [-0.15, -0.1) is 0 Å². The molecule has 0 saturated carbocycles. The zero-order valence-electron chi connectivity index (χ0n) is 18.7. The van der Waals surface area contributed by atoms with E-state index in [4.69, 9.17) is 13.9 Å². The molecule has 0 saturated heterocycles. The first-order valence-electron chi connectivity index (χ1n) is 9.78. The molecule has 0 amide bonds. The predicted octanol–water partition coefficient (Wildman–Crippen LogP) is 4.24. The second-order valence-electron chi connectivity index (χ2n) is 8.92. The van der Waals surface area contributed by atoms with Crippen LogP contribution in [-0.2, 0) is 20.6 Å². The summed E-state index contributed by atoms with van der Waals surface area (Å²) < 4.78 is 16.9. The molecule has 0 aliphatic rings. The maximum atomic E-state index is 11.5. The van der Waals surface area contributed by atoms with Gasteiger partial charge in [0.25, 0.3) is 0 Å². The molecule has 164 valence electrons. The minimum absolute atomic E-state index is 0.0714. The highest BCUT2D eigenvalue weighted by Gasteiger charge is 2.39. The molecule has 0 spiro atoms. The second-order valence-corrected chi connectivity index (χ2v) is 13.7. The van der Waals surface area contributed by atoms with Crippen LogP contribution in [-0.4, -0.2) is 50.4 Å². The Balaban J connectivity index is 2.72. The number of hydrogen-bond acceptors (Lipinski definition) is 5. The summed E-state index contributed by atoms with van der Waals surface area (Å²) in [6.45, 7) is 12.8. The lowest BCUT2D eigenvalue weighted by atomic mass is 9.89. The smallest absolute Gasteiger partial charge is 0.336 e. The van der Waals surface area contributed by atoms with Crippen molar-refractivity contribution in [2.24, 2.45) is 5.92 Å². The molecule has 0 aromatic heterocycles. The van der Waals surface area contributed by atoms with Crippen LogP contribution in [0, 0.1) is 5.92 Å². The van der Waals surface area contributed by atoms with E-state index in [0.29, 0.717) is 13.2 Å². The Labute approximate surface area is 175 Å². The largest absolute Gasteiger partial charge is 0.497 e. The molecule has 2 atom stereocenters. The molecular formula is C22H36O6Si. The van der Waals surface area contributed by atoms with Crippen molar-refractivity contribution in [2.45, 2.75) is 58.0 Å². The molecule has 0 unspecified atom stereocenters. The summed E-state index contributed by atoms with van der Waals surface area (Å²) in [7, 11) is -0.291. The first kappa shape index (κ1) is 25.4. The van der Waals surface area contributed by atoms with Gasteiger partial charge in [-0.25, -0.2) is 4.79 Å². The molecule has 0 radical (unpaired) electrons. The lowest BCUT2D eigenvalue weighted by Gasteiger charge is -2.35. The van der Waals surface area contributed by atoms with E-state index in [1.54, 1.807) is 19.3 Å². The molecule has 7 heteroatoms. The molecule has 0 aliphatic carbocycles. The van der Waals surface area contributed by atoms with Gasteiger partial charge in [-0.2, -0.15) is 0 Å². The third-order valence-corrected chi connectivity index (χ3v) is 10.1. The van der Waals surface area contributed by atoms with E-state index < -0.39 is 25.8 Å². The van der Waals surface area contributed by atoms with Crippen molar-refractivity contribution in [1.29, 1.82) is 0 Å². The Morgan fingerprint density at radius 2 is 1.76 bits per heavy atom. The van der Waals surface area contributed by atoms with Crippen LogP contribution in [0.4, 0.5) is 0 Å². The number of ether oxygens (including phenoxy) is 2. The van der Waals surface area contributed by atoms with Gasteiger partial charge in [-0.05, 0) is 42.8 Å². The van der Waals surface area contributed by atoms with E-state index in [1.165, 1.54) is 6.92 Å². The summed E-state index contributed by atoms with van der Waals surface area (Å²) in [6, 6.07) is 7.43. The molecule has 0 bridgehead atoms. The minimum Gasteiger partial charge on any atom is -0.497 e. The van der Waals surface area contributed by atoms with Crippen molar-refractivity contribution in [1.82, 2.24) is 0 Å². The molecule has 1 aromatic carbocycles. The molecule has 0 fully saturated rings. The number of aliphatic carboxylic acids is 1. The van der Waals surface area contributed by atoms with Gasteiger partial charge in [-0.1, -0.05) is 45.1 Å². The van der Waals surface area contributed by atoms with Crippen LogP contribution in [0.1, 0.15) is 33.3 Å². The number of aliphatic hydroxyl groups is 1. The average Bonchev–Trinajstić information content (AvgIpc) is 2.62. The Morgan fingerprint density at radius 3 is 2.24 bits per heavy atom. The van der Waals surface area contributed by atoms with Crippen LogP contribution in [0.5, 0.6) is 5.75 Å². The summed E-state index contributed by atoms with van der Waals surface area (Å²) in [5, 5.41) is 19.9. The normalized spacial score (nSPS) is 15.9. The molecule has 0 aliphatic heterocycles. The Bertz CT molecular complexity index is 674. The summed E-state index contributed by atoms with van der Waals surface area (Å²) in [6.07, 6.45) is 3.45. The molecule has 1 aromatic rings. The van der Waals surface area contributed by atoms with E-state index in [2.05, 4.69) is 33.9 Å². The molecule has 2 N–H and O–H groups in total. The Kier molecular flexibility index (Phi) is 9.08. The number of rotatable bonds is 11. The van der Waals surface area contributed by atoms with E-state index in [1.807, 2.05) is 24.3 Å². The van der Waals surface area contributed by atoms with E-state index >= 15 is 0 Å².